The minimum Gasteiger partial charge on any atom is -0.454 e. The first kappa shape index (κ1) is 12.2. The van der Waals surface area contributed by atoms with E-state index in [1.54, 1.807) is 0 Å². The molecule has 0 fully saturated rings. The zero-order valence-electron chi connectivity index (χ0n) is 10.5. The lowest BCUT2D eigenvalue weighted by atomic mass is 9.93. The number of aliphatic hydroxyl groups is 1. The summed E-state index contributed by atoms with van der Waals surface area (Å²) in [6.45, 7) is 5.00. The lowest BCUT2D eigenvalue weighted by Crippen LogP contribution is -2.18. The van der Waals surface area contributed by atoms with Gasteiger partial charge in [-0.15, -0.1) is 0 Å². The highest BCUT2D eigenvalue weighted by atomic mass is 16.7. The lowest BCUT2D eigenvalue weighted by Gasteiger charge is -2.18. The molecule has 1 unspecified atom stereocenters. The molecular formula is C13H19NO3. The van der Waals surface area contributed by atoms with Crippen molar-refractivity contribution in [2.45, 2.75) is 25.9 Å². The van der Waals surface area contributed by atoms with E-state index in [-0.39, 0.29) is 6.79 Å². The molecule has 0 saturated carbocycles. The van der Waals surface area contributed by atoms with Crippen LogP contribution in [0.2, 0.25) is 0 Å². The van der Waals surface area contributed by atoms with E-state index in [0.29, 0.717) is 12.5 Å². The molecule has 1 aromatic carbocycles. The van der Waals surface area contributed by atoms with Gasteiger partial charge in [0.15, 0.2) is 11.5 Å². The van der Waals surface area contributed by atoms with Crippen molar-refractivity contribution in [1.29, 1.82) is 0 Å². The summed E-state index contributed by atoms with van der Waals surface area (Å²) >= 11 is 0. The van der Waals surface area contributed by atoms with Crippen molar-refractivity contribution in [3.8, 4) is 11.5 Å². The molecule has 0 saturated heterocycles. The predicted octanol–water partition coefficient (Wildman–Crippen LogP) is 1.79. The zero-order chi connectivity index (χ0) is 12.4. The first-order chi connectivity index (χ1) is 8.13. The van der Waals surface area contributed by atoms with E-state index in [9.17, 15) is 5.11 Å². The molecule has 1 heterocycles. The van der Waals surface area contributed by atoms with Gasteiger partial charge in [-0.05, 0) is 36.2 Å². The Bertz CT molecular complexity index is 404. The number of rotatable bonds is 4. The number of fused-ring (bicyclic) bond motifs is 1. The summed E-state index contributed by atoms with van der Waals surface area (Å²) in [7, 11) is 1.82. The van der Waals surface area contributed by atoms with Crippen LogP contribution in [-0.4, -0.2) is 25.5 Å². The third-order valence-electron chi connectivity index (χ3n) is 2.96. The normalized spacial score (nSPS) is 15.4. The Kier molecular flexibility index (Phi) is 3.54. The molecule has 0 aromatic heterocycles. The highest BCUT2D eigenvalue weighted by Gasteiger charge is 2.21. The van der Waals surface area contributed by atoms with Crippen molar-refractivity contribution in [2.24, 2.45) is 0 Å². The molecule has 0 spiro atoms. The Labute approximate surface area is 102 Å². The van der Waals surface area contributed by atoms with Crippen molar-refractivity contribution < 1.29 is 14.6 Å². The van der Waals surface area contributed by atoms with E-state index < -0.39 is 6.10 Å². The molecule has 1 aliphatic rings. The summed E-state index contributed by atoms with van der Waals surface area (Å²) in [5.41, 5.74) is 2.02. The van der Waals surface area contributed by atoms with Gasteiger partial charge in [0, 0.05) is 6.54 Å². The van der Waals surface area contributed by atoms with Gasteiger partial charge < -0.3 is 19.9 Å². The molecule has 0 bridgehead atoms. The maximum Gasteiger partial charge on any atom is 0.231 e. The second-order valence-corrected chi connectivity index (χ2v) is 4.56. The average molecular weight is 237 g/mol. The Morgan fingerprint density at radius 1 is 1.24 bits per heavy atom. The molecular weight excluding hydrogens is 218 g/mol. The van der Waals surface area contributed by atoms with E-state index in [0.717, 1.165) is 22.6 Å². The minimum atomic E-state index is -0.521. The first-order valence-electron chi connectivity index (χ1n) is 5.89. The molecule has 1 aromatic rings. The summed E-state index contributed by atoms with van der Waals surface area (Å²) in [5, 5.41) is 13.1. The Balaban J connectivity index is 2.41. The average Bonchev–Trinajstić information content (AvgIpc) is 2.74. The van der Waals surface area contributed by atoms with Crippen molar-refractivity contribution in [3.63, 3.8) is 0 Å². The van der Waals surface area contributed by atoms with Crippen LogP contribution in [0, 0.1) is 0 Å². The fourth-order valence-corrected chi connectivity index (χ4v) is 2.07. The SMILES string of the molecule is CNCC(O)c1cc2c(cc1C(C)C)OCO2. The van der Waals surface area contributed by atoms with Crippen molar-refractivity contribution in [1.82, 2.24) is 5.32 Å². The molecule has 0 radical (unpaired) electrons. The molecule has 1 atom stereocenters. The molecule has 0 amide bonds. The van der Waals surface area contributed by atoms with Crippen LogP contribution in [0.5, 0.6) is 11.5 Å². The Morgan fingerprint density at radius 2 is 1.82 bits per heavy atom. The summed E-state index contributed by atoms with van der Waals surface area (Å²) in [5.74, 6) is 1.83. The molecule has 2 rings (SSSR count). The molecule has 4 nitrogen and oxygen atoms in total. The van der Waals surface area contributed by atoms with Crippen LogP contribution in [-0.2, 0) is 0 Å². The molecule has 4 heteroatoms. The number of hydrogen-bond donors (Lipinski definition) is 2. The molecule has 0 aliphatic carbocycles. The third-order valence-corrected chi connectivity index (χ3v) is 2.96. The topological polar surface area (TPSA) is 50.7 Å². The smallest absolute Gasteiger partial charge is 0.231 e. The van der Waals surface area contributed by atoms with Gasteiger partial charge in [-0.2, -0.15) is 0 Å². The second kappa shape index (κ2) is 4.94. The number of aliphatic hydroxyl groups excluding tert-OH is 1. The number of likely N-dealkylation sites (N-methyl/N-ethyl adjacent to an activating group) is 1. The summed E-state index contributed by atoms with van der Waals surface area (Å²) in [6.07, 6.45) is -0.521. The third kappa shape index (κ3) is 2.37. The van der Waals surface area contributed by atoms with Crippen LogP contribution >= 0.6 is 0 Å². The monoisotopic (exact) mass is 237 g/mol. The Hall–Kier alpha value is -1.26. The molecule has 1 aliphatic heterocycles. The van der Waals surface area contributed by atoms with Crippen LogP contribution in [0.4, 0.5) is 0 Å². The summed E-state index contributed by atoms with van der Waals surface area (Å²) in [6, 6.07) is 3.86. The number of ether oxygens (including phenoxy) is 2. The fourth-order valence-electron chi connectivity index (χ4n) is 2.07. The van der Waals surface area contributed by atoms with E-state index in [2.05, 4.69) is 19.2 Å². The number of nitrogens with one attached hydrogen (secondary N) is 1. The van der Waals surface area contributed by atoms with Crippen LogP contribution in [0.25, 0.3) is 0 Å². The van der Waals surface area contributed by atoms with Gasteiger partial charge in [-0.1, -0.05) is 13.8 Å². The zero-order valence-corrected chi connectivity index (χ0v) is 10.5. The maximum atomic E-state index is 10.1. The summed E-state index contributed by atoms with van der Waals surface area (Å²) < 4.78 is 10.7. The molecule has 94 valence electrons. The quantitative estimate of drug-likeness (QED) is 0.838. The molecule has 17 heavy (non-hydrogen) atoms. The minimum absolute atomic E-state index is 0.262. The highest BCUT2D eigenvalue weighted by Crippen LogP contribution is 2.39. The number of benzene rings is 1. The first-order valence-corrected chi connectivity index (χ1v) is 5.89. The van der Waals surface area contributed by atoms with Crippen LogP contribution in [0.15, 0.2) is 12.1 Å². The van der Waals surface area contributed by atoms with Crippen molar-refractivity contribution >= 4 is 0 Å². The molecule has 2 N–H and O–H groups in total. The maximum absolute atomic E-state index is 10.1. The van der Waals surface area contributed by atoms with Gasteiger partial charge in [-0.25, -0.2) is 0 Å². The summed E-state index contributed by atoms with van der Waals surface area (Å²) in [4.78, 5) is 0. The van der Waals surface area contributed by atoms with Gasteiger partial charge in [-0.3, -0.25) is 0 Å². The van der Waals surface area contributed by atoms with Gasteiger partial charge in [0.05, 0.1) is 6.10 Å². The van der Waals surface area contributed by atoms with E-state index in [4.69, 9.17) is 9.47 Å². The van der Waals surface area contributed by atoms with E-state index >= 15 is 0 Å². The predicted molar refractivity (Wildman–Crippen MR) is 65.5 cm³/mol. The van der Waals surface area contributed by atoms with Crippen molar-refractivity contribution in [3.05, 3.63) is 23.3 Å². The van der Waals surface area contributed by atoms with E-state index in [1.165, 1.54) is 0 Å². The second-order valence-electron chi connectivity index (χ2n) is 4.56. The Morgan fingerprint density at radius 3 is 2.35 bits per heavy atom. The van der Waals surface area contributed by atoms with Crippen LogP contribution in [0.1, 0.15) is 37.0 Å². The number of hydrogen-bond acceptors (Lipinski definition) is 4. The van der Waals surface area contributed by atoms with Gasteiger partial charge in [0.25, 0.3) is 0 Å². The lowest BCUT2D eigenvalue weighted by molar-refractivity contribution is 0.171. The van der Waals surface area contributed by atoms with Gasteiger partial charge in [0.1, 0.15) is 0 Å². The van der Waals surface area contributed by atoms with Crippen LogP contribution in [0.3, 0.4) is 0 Å². The largest absolute Gasteiger partial charge is 0.454 e. The highest BCUT2D eigenvalue weighted by molar-refractivity contribution is 5.50. The van der Waals surface area contributed by atoms with Crippen LogP contribution < -0.4 is 14.8 Å². The van der Waals surface area contributed by atoms with E-state index in [1.807, 2.05) is 19.2 Å². The standard InChI is InChI=1S/C13H19NO3/c1-8(2)9-4-12-13(17-7-16-12)5-10(9)11(15)6-14-3/h4-5,8,11,14-15H,6-7H2,1-3H3. The fraction of sp³-hybridized carbons (Fsp3) is 0.538. The van der Waals surface area contributed by atoms with Crippen molar-refractivity contribution in [2.75, 3.05) is 20.4 Å². The van der Waals surface area contributed by atoms with Gasteiger partial charge in [0.2, 0.25) is 6.79 Å². The van der Waals surface area contributed by atoms with Gasteiger partial charge >= 0.3 is 0 Å².